The molecule has 2 aliphatic rings. The molecule has 1 fully saturated rings. The first kappa shape index (κ1) is 16.7. The number of aliphatic imine (C=N–C) groups is 1. The van der Waals surface area contributed by atoms with Crippen LogP contribution in [0.2, 0.25) is 0 Å². The number of nitrogens with zero attached hydrogens (tertiary/aromatic N) is 4. The average molecular weight is 357 g/mol. The summed E-state index contributed by atoms with van der Waals surface area (Å²) in [4.78, 5) is 15.4. The van der Waals surface area contributed by atoms with Gasteiger partial charge in [0.05, 0.1) is 24.1 Å². The van der Waals surface area contributed by atoms with E-state index in [9.17, 15) is 0 Å². The first-order chi connectivity index (χ1) is 9.92. The topological polar surface area (TPSA) is 65.4 Å². The van der Waals surface area contributed by atoms with Crippen LogP contribution in [-0.2, 0) is 0 Å². The van der Waals surface area contributed by atoms with E-state index in [2.05, 4.69) is 31.1 Å². The molecule has 2 aliphatic heterocycles. The first-order valence-corrected chi connectivity index (χ1v) is 7.16. The molecule has 0 aromatic carbocycles. The largest absolute Gasteiger partial charge is 0.328 e. The van der Waals surface area contributed by atoms with Gasteiger partial charge in [-0.05, 0) is 12.1 Å². The van der Waals surface area contributed by atoms with E-state index in [1.165, 1.54) is 0 Å². The molecule has 0 radical (unpaired) electrons. The number of halogens is 2. The summed E-state index contributed by atoms with van der Waals surface area (Å²) in [6, 6.07) is 5.85. The zero-order valence-electron chi connectivity index (χ0n) is 11.3. The molecular weight excluding hydrogens is 343 g/mol. The molecule has 2 N–H and O–H groups in total. The van der Waals surface area contributed by atoms with Crippen LogP contribution < -0.4 is 10.9 Å². The van der Waals surface area contributed by atoms with Gasteiger partial charge in [-0.15, -0.1) is 36.2 Å². The number of hydrogen-bond acceptors (Lipinski definition) is 7. The van der Waals surface area contributed by atoms with E-state index in [1.54, 1.807) is 17.5 Å². The maximum Gasteiger partial charge on any atom is 0.142 e. The lowest BCUT2D eigenvalue weighted by Crippen LogP contribution is -2.30. The third kappa shape index (κ3) is 2.93. The molecule has 9 heteroatoms. The fraction of sp³-hybridized carbons (Fsp3) is 0.154. The molecule has 6 nitrogen and oxygen atoms in total. The predicted molar refractivity (Wildman–Crippen MR) is 92.1 cm³/mol. The minimum atomic E-state index is 0. The Balaban J connectivity index is 0.000000882. The van der Waals surface area contributed by atoms with Crippen LogP contribution in [0.1, 0.15) is 11.9 Å². The van der Waals surface area contributed by atoms with Gasteiger partial charge in [0.15, 0.2) is 0 Å². The normalized spacial score (nSPS) is 18.6. The number of thiazole rings is 1. The first-order valence-electron chi connectivity index (χ1n) is 6.28. The van der Waals surface area contributed by atoms with Crippen LogP contribution in [0.3, 0.4) is 0 Å². The zero-order valence-corrected chi connectivity index (χ0v) is 13.8. The number of hydrogen-bond donors (Lipinski definition) is 2. The van der Waals surface area contributed by atoms with Crippen molar-refractivity contribution in [2.24, 2.45) is 4.99 Å². The van der Waals surface area contributed by atoms with E-state index in [-0.39, 0.29) is 31.0 Å². The van der Waals surface area contributed by atoms with Crippen molar-refractivity contribution < 1.29 is 0 Å². The summed E-state index contributed by atoms with van der Waals surface area (Å²) in [5.74, 6) is 0.977. The van der Waals surface area contributed by atoms with Crippen LogP contribution in [0.4, 0.5) is 0 Å². The van der Waals surface area contributed by atoms with Gasteiger partial charge in [0.1, 0.15) is 17.0 Å². The SMILES string of the molecule is C1=NC=C2NNC(c3csc(-c4ccccn4)n3)N2C1.Cl.Cl. The Labute approximate surface area is 144 Å². The molecule has 2 aromatic rings. The van der Waals surface area contributed by atoms with Gasteiger partial charge in [0, 0.05) is 17.8 Å². The monoisotopic (exact) mass is 356 g/mol. The van der Waals surface area contributed by atoms with E-state index < -0.39 is 0 Å². The van der Waals surface area contributed by atoms with Crippen molar-refractivity contribution in [2.45, 2.75) is 6.17 Å². The highest BCUT2D eigenvalue weighted by molar-refractivity contribution is 7.13. The molecular formula is C13H14Cl2N6S. The van der Waals surface area contributed by atoms with Crippen molar-refractivity contribution in [2.75, 3.05) is 6.54 Å². The maximum atomic E-state index is 4.69. The second-order valence-electron chi connectivity index (χ2n) is 4.46. The van der Waals surface area contributed by atoms with Gasteiger partial charge in [-0.25, -0.2) is 10.4 Å². The predicted octanol–water partition coefficient (Wildman–Crippen LogP) is 2.34. The smallest absolute Gasteiger partial charge is 0.142 e. The molecule has 1 atom stereocenters. The maximum absolute atomic E-state index is 4.69. The van der Waals surface area contributed by atoms with Crippen molar-refractivity contribution in [1.29, 1.82) is 0 Å². The quantitative estimate of drug-likeness (QED) is 0.864. The van der Waals surface area contributed by atoms with Crippen LogP contribution in [0.5, 0.6) is 0 Å². The number of pyridine rings is 1. The Morgan fingerprint density at radius 2 is 2.18 bits per heavy atom. The highest BCUT2D eigenvalue weighted by Crippen LogP contribution is 2.29. The summed E-state index contributed by atoms with van der Waals surface area (Å²) < 4.78 is 0. The van der Waals surface area contributed by atoms with Crippen LogP contribution >= 0.6 is 36.2 Å². The number of rotatable bonds is 2. The molecule has 2 aromatic heterocycles. The molecule has 0 spiro atoms. The summed E-state index contributed by atoms with van der Waals surface area (Å²) in [5.41, 5.74) is 8.26. The number of fused-ring (bicyclic) bond motifs is 1. The highest BCUT2D eigenvalue weighted by atomic mass is 35.5. The summed E-state index contributed by atoms with van der Waals surface area (Å²) in [6.07, 6.45) is 5.51. The molecule has 0 amide bonds. The summed E-state index contributed by atoms with van der Waals surface area (Å²) in [6.45, 7) is 0.771. The van der Waals surface area contributed by atoms with Crippen molar-refractivity contribution in [3.05, 3.63) is 47.5 Å². The highest BCUT2D eigenvalue weighted by Gasteiger charge is 2.31. The minimum Gasteiger partial charge on any atom is -0.328 e. The Morgan fingerprint density at radius 1 is 1.27 bits per heavy atom. The Morgan fingerprint density at radius 3 is 3.00 bits per heavy atom. The lowest BCUT2D eigenvalue weighted by molar-refractivity contribution is 0.308. The Bertz CT molecular complexity index is 687. The number of hydrazine groups is 1. The summed E-state index contributed by atoms with van der Waals surface area (Å²) in [5, 5.41) is 3.00. The Kier molecular flexibility index (Phi) is 5.36. The fourth-order valence-corrected chi connectivity index (χ4v) is 3.07. The molecule has 0 bridgehead atoms. The van der Waals surface area contributed by atoms with Crippen LogP contribution in [0, 0.1) is 0 Å². The van der Waals surface area contributed by atoms with Gasteiger partial charge in [0.25, 0.3) is 0 Å². The fourth-order valence-electron chi connectivity index (χ4n) is 2.25. The second kappa shape index (κ2) is 7.06. The van der Waals surface area contributed by atoms with E-state index in [4.69, 9.17) is 4.98 Å². The summed E-state index contributed by atoms with van der Waals surface area (Å²) >= 11 is 1.61. The van der Waals surface area contributed by atoms with E-state index in [0.29, 0.717) is 0 Å². The number of nitrogens with one attached hydrogen (secondary N) is 2. The van der Waals surface area contributed by atoms with Crippen LogP contribution in [-0.4, -0.2) is 27.6 Å². The van der Waals surface area contributed by atoms with Gasteiger partial charge in [0.2, 0.25) is 0 Å². The van der Waals surface area contributed by atoms with Gasteiger partial charge in [-0.1, -0.05) is 6.07 Å². The molecule has 116 valence electrons. The molecule has 4 heterocycles. The lowest BCUT2D eigenvalue weighted by atomic mass is 10.3. The van der Waals surface area contributed by atoms with Gasteiger partial charge < -0.3 is 10.3 Å². The molecule has 1 unspecified atom stereocenters. The van der Waals surface area contributed by atoms with E-state index >= 15 is 0 Å². The second-order valence-corrected chi connectivity index (χ2v) is 5.32. The minimum absolute atomic E-state index is 0. The van der Waals surface area contributed by atoms with Crippen LogP contribution in [0.25, 0.3) is 10.7 Å². The van der Waals surface area contributed by atoms with Crippen LogP contribution in [0.15, 0.2) is 46.8 Å². The average Bonchev–Trinajstić information content (AvgIpc) is 3.14. The Hall–Kier alpha value is -1.67. The number of aromatic nitrogens is 2. The molecule has 4 rings (SSSR count). The van der Waals surface area contributed by atoms with Gasteiger partial charge in [-0.3, -0.25) is 9.98 Å². The molecule has 1 saturated heterocycles. The molecule has 0 aliphatic carbocycles. The molecule has 22 heavy (non-hydrogen) atoms. The third-order valence-electron chi connectivity index (χ3n) is 3.22. The van der Waals surface area contributed by atoms with Crippen molar-refractivity contribution in [1.82, 2.24) is 25.7 Å². The summed E-state index contributed by atoms with van der Waals surface area (Å²) in [7, 11) is 0. The van der Waals surface area contributed by atoms with Gasteiger partial charge in [-0.2, -0.15) is 0 Å². The third-order valence-corrected chi connectivity index (χ3v) is 4.11. The molecule has 0 saturated carbocycles. The van der Waals surface area contributed by atoms with Crippen molar-refractivity contribution >= 4 is 42.4 Å². The van der Waals surface area contributed by atoms with Crippen molar-refractivity contribution in [3.63, 3.8) is 0 Å². The van der Waals surface area contributed by atoms with E-state index in [1.807, 2.05) is 30.6 Å². The zero-order chi connectivity index (χ0) is 13.4. The lowest BCUT2D eigenvalue weighted by Gasteiger charge is -2.23. The van der Waals surface area contributed by atoms with Crippen molar-refractivity contribution in [3.8, 4) is 10.7 Å². The standard InChI is InChI=1S/C13H12N6S.2ClH/c1-2-4-15-9(3-1)13-16-10(8-20-13)12-18-17-11-7-14-5-6-19(11)12;;/h1-5,7-8,12,17-18H,6H2;2*1H. The van der Waals surface area contributed by atoms with E-state index in [0.717, 1.165) is 28.8 Å². The van der Waals surface area contributed by atoms with Gasteiger partial charge >= 0.3 is 0 Å².